The number of aryl methyl sites for hydroxylation is 1. The smallest absolute Gasteiger partial charge is 0.407 e. The number of hydrogen-bond donors (Lipinski definition) is 2. The van der Waals surface area contributed by atoms with Crippen LogP contribution in [0.15, 0.2) is 29.6 Å². The molecule has 0 aliphatic heterocycles. The van der Waals surface area contributed by atoms with Gasteiger partial charge < -0.3 is 15.4 Å². The Bertz CT molecular complexity index is 822. The zero-order valence-corrected chi connectivity index (χ0v) is 17.5. The molecule has 1 aromatic heterocycles. The van der Waals surface area contributed by atoms with Crippen molar-refractivity contribution in [3.05, 3.63) is 40.9 Å². The molecule has 146 valence electrons. The van der Waals surface area contributed by atoms with E-state index in [2.05, 4.69) is 15.6 Å². The molecule has 1 aromatic carbocycles. The number of thiazole rings is 1. The average molecular weight is 390 g/mol. The number of benzene rings is 1. The number of rotatable bonds is 5. The molecule has 0 radical (unpaired) electrons. The van der Waals surface area contributed by atoms with Crippen molar-refractivity contribution in [1.82, 2.24) is 15.6 Å². The maximum absolute atomic E-state index is 12.6. The summed E-state index contributed by atoms with van der Waals surface area (Å²) in [6, 6.07) is 7.93. The molecule has 1 heterocycles. The normalized spacial score (nSPS) is 11.8. The van der Waals surface area contributed by atoms with E-state index in [9.17, 15) is 9.59 Å². The lowest BCUT2D eigenvalue weighted by molar-refractivity contribution is 0.0509. The highest BCUT2D eigenvalue weighted by Gasteiger charge is 2.25. The van der Waals surface area contributed by atoms with Gasteiger partial charge in [-0.2, -0.15) is 0 Å². The van der Waals surface area contributed by atoms with Crippen molar-refractivity contribution < 1.29 is 14.3 Å². The summed E-state index contributed by atoms with van der Waals surface area (Å²) in [5.41, 5.74) is 1.28. The molecule has 2 amide bonds. The molecule has 0 aliphatic rings. The Morgan fingerprint density at radius 2 is 1.81 bits per heavy atom. The van der Waals surface area contributed by atoms with Crippen LogP contribution in [0.1, 0.15) is 50.7 Å². The summed E-state index contributed by atoms with van der Waals surface area (Å²) in [5.74, 6) is -0.276. The first-order valence-corrected chi connectivity index (χ1v) is 9.66. The topological polar surface area (TPSA) is 80.3 Å². The minimum atomic E-state index is -0.652. The van der Waals surface area contributed by atoms with Crippen LogP contribution >= 0.6 is 11.3 Å². The van der Waals surface area contributed by atoms with E-state index in [1.807, 2.05) is 45.0 Å². The number of aromatic nitrogens is 1. The molecule has 0 saturated heterocycles. The lowest BCUT2D eigenvalue weighted by Gasteiger charge is -2.27. The predicted molar refractivity (Wildman–Crippen MR) is 108 cm³/mol. The predicted octanol–water partition coefficient (Wildman–Crippen LogP) is 4.15. The molecule has 2 N–H and O–H groups in total. The molecule has 2 aromatic rings. The van der Waals surface area contributed by atoms with Gasteiger partial charge in [0.25, 0.3) is 5.91 Å². The first-order chi connectivity index (χ1) is 12.5. The number of alkyl carbamates (subject to hydrolysis) is 1. The lowest BCUT2D eigenvalue weighted by atomic mass is 10.1. The largest absolute Gasteiger partial charge is 0.444 e. The fourth-order valence-electron chi connectivity index (χ4n) is 2.34. The zero-order chi connectivity index (χ0) is 20.2. The summed E-state index contributed by atoms with van der Waals surface area (Å²) in [6.07, 6.45) is -0.514. The van der Waals surface area contributed by atoms with Crippen molar-refractivity contribution >= 4 is 23.3 Å². The van der Waals surface area contributed by atoms with Gasteiger partial charge >= 0.3 is 6.09 Å². The molecule has 0 unspecified atom stereocenters. The summed E-state index contributed by atoms with van der Waals surface area (Å²) >= 11 is 1.43. The SMILES string of the molecule is Cc1ccccc1-c1nc(C(=O)NC(C)(C)CNC(=O)OC(C)(C)C)cs1. The Morgan fingerprint density at radius 1 is 1.15 bits per heavy atom. The molecule has 0 spiro atoms. The Labute approximate surface area is 164 Å². The maximum atomic E-state index is 12.6. The summed E-state index contributed by atoms with van der Waals surface area (Å²) in [7, 11) is 0. The van der Waals surface area contributed by atoms with Crippen molar-refractivity contribution in [1.29, 1.82) is 0 Å². The average Bonchev–Trinajstić information content (AvgIpc) is 3.01. The van der Waals surface area contributed by atoms with Crippen LogP contribution in [0.4, 0.5) is 4.79 Å². The summed E-state index contributed by atoms with van der Waals surface area (Å²) in [6.45, 7) is 11.3. The third-order valence-electron chi connectivity index (χ3n) is 3.64. The molecule has 0 saturated carbocycles. The zero-order valence-electron chi connectivity index (χ0n) is 16.7. The Morgan fingerprint density at radius 3 is 2.44 bits per heavy atom. The van der Waals surface area contributed by atoms with Crippen LogP contribution in [0.5, 0.6) is 0 Å². The van der Waals surface area contributed by atoms with Crippen molar-refractivity contribution in [2.45, 2.75) is 52.7 Å². The van der Waals surface area contributed by atoms with Crippen LogP contribution in [-0.2, 0) is 4.74 Å². The van der Waals surface area contributed by atoms with E-state index < -0.39 is 17.2 Å². The monoisotopic (exact) mass is 389 g/mol. The number of hydrogen-bond acceptors (Lipinski definition) is 5. The molecule has 0 bridgehead atoms. The number of nitrogens with zero attached hydrogens (tertiary/aromatic N) is 1. The van der Waals surface area contributed by atoms with E-state index in [0.29, 0.717) is 5.69 Å². The van der Waals surface area contributed by atoms with Gasteiger partial charge in [-0.05, 0) is 47.1 Å². The minimum Gasteiger partial charge on any atom is -0.444 e. The van der Waals surface area contributed by atoms with Crippen LogP contribution in [0.3, 0.4) is 0 Å². The second-order valence-electron chi connectivity index (χ2n) is 8.05. The molecule has 0 atom stereocenters. The fraction of sp³-hybridized carbons (Fsp3) is 0.450. The van der Waals surface area contributed by atoms with Gasteiger partial charge in [0.2, 0.25) is 0 Å². The van der Waals surface area contributed by atoms with E-state index in [4.69, 9.17) is 4.74 Å². The minimum absolute atomic E-state index is 0.239. The van der Waals surface area contributed by atoms with Gasteiger partial charge in [0.05, 0.1) is 5.54 Å². The molecule has 2 rings (SSSR count). The second-order valence-corrected chi connectivity index (χ2v) is 8.90. The third-order valence-corrected chi connectivity index (χ3v) is 4.51. The van der Waals surface area contributed by atoms with Crippen LogP contribution in [-0.4, -0.2) is 34.7 Å². The highest BCUT2D eigenvalue weighted by Crippen LogP contribution is 2.26. The van der Waals surface area contributed by atoms with Crippen LogP contribution in [0.2, 0.25) is 0 Å². The summed E-state index contributed by atoms with van der Waals surface area (Å²) in [5, 5.41) is 8.14. The van der Waals surface area contributed by atoms with Gasteiger partial charge in [0.15, 0.2) is 0 Å². The van der Waals surface area contributed by atoms with Crippen molar-refractivity contribution in [2.75, 3.05) is 6.54 Å². The molecule has 6 nitrogen and oxygen atoms in total. The first kappa shape index (κ1) is 20.9. The molecule has 27 heavy (non-hydrogen) atoms. The van der Waals surface area contributed by atoms with Gasteiger partial charge in [0, 0.05) is 17.5 Å². The van der Waals surface area contributed by atoms with E-state index >= 15 is 0 Å². The Balaban J connectivity index is 1.98. The number of ether oxygens (including phenoxy) is 1. The number of amides is 2. The van der Waals surface area contributed by atoms with Gasteiger partial charge in [-0.1, -0.05) is 24.3 Å². The molecule has 0 aliphatic carbocycles. The number of carbonyl (C=O) groups excluding carboxylic acids is 2. The van der Waals surface area contributed by atoms with Gasteiger partial charge in [-0.3, -0.25) is 4.79 Å². The van der Waals surface area contributed by atoms with Gasteiger partial charge in [0.1, 0.15) is 16.3 Å². The van der Waals surface area contributed by atoms with E-state index in [0.717, 1.165) is 16.1 Å². The maximum Gasteiger partial charge on any atom is 0.407 e. The molecule has 7 heteroatoms. The van der Waals surface area contributed by atoms with E-state index in [1.54, 1.807) is 26.2 Å². The standard InChI is InChI=1S/C20H27N3O3S/c1-13-9-7-8-10-14(13)17-22-15(11-27-17)16(24)23-20(5,6)12-21-18(25)26-19(2,3)4/h7-11H,12H2,1-6H3,(H,21,25)(H,23,24). The Kier molecular flexibility index (Phi) is 6.26. The second kappa shape index (κ2) is 8.08. The van der Waals surface area contributed by atoms with E-state index in [-0.39, 0.29) is 12.5 Å². The molecule has 0 fully saturated rings. The van der Waals surface area contributed by atoms with E-state index in [1.165, 1.54) is 11.3 Å². The first-order valence-electron chi connectivity index (χ1n) is 8.78. The quantitative estimate of drug-likeness (QED) is 0.805. The highest BCUT2D eigenvalue weighted by atomic mass is 32.1. The molecular weight excluding hydrogens is 362 g/mol. The number of carbonyl (C=O) groups is 2. The lowest BCUT2D eigenvalue weighted by Crippen LogP contribution is -2.52. The van der Waals surface area contributed by atoms with Crippen molar-refractivity contribution in [2.24, 2.45) is 0 Å². The van der Waals surface area contributed by atoms with Crippen LogP contribution < -0.4 is 10.6 Å². The van der Waals surface area contributed by atoms with Crippen LogP contribution in [0, 0.1) is 6.92 Å². The van der Waals surface area contributed by atoms with Crippen LogP contribution in [0.25, 0.3) is 10.6 Å². The third kappa shape index (κ3) is 6.36. The summed E-state index contributed by atoms with van der Waals surface area (Å²) in [4.78, 5) is 28.8. The highest BCUT2D eigenvalue weighted by molar-refractivity contribution is 7.13. The van der Waals surface area contributed by atoms with Crippen molar-refractivity contribution in [3.63, 3.8) is 0 Å². The van der Waals surface area contributed by atoms with Gasteiger partial charge in [-0.25, -0.2) is 9.78 Å². The molecular formula is C20H27N3O3S. The Hall–Kier alpha value is -2.41. The summed E-state index contributed by atoms with van der Waals surface area (Å²) < 4.78 is 5.21. The van der Waals surface area contributed by atoms with Crippen molar-refractivity contribution in [3.8, 4) is 10.6 Å². The number of nitrogens with one attached hydrogen (secondary N) is 2. The fourth-order valence-corrected chi connectivity index (χ4v) is 3.23. The van der Waals surface area contributed by atoms with Gasteiger partial charge in [-0.15, -0.1) is 11.3 Å².